The van der Waals surface area contributed by atoms with Crippen molar-refractivity contribution in [2.45, 2.75) is 12.6 Å². The Bertz CT molecular complexity index is 793. The van der Waals surface area contributed by atoms with Gasteiger partial charge in [0.2, 0.25) is 0 Å². The Labute approximate surface area is 118 Å². The average Bonchev–Trinajstić information content (AvgIpc) is 2.81. The molecule has 2 aromatic carbocycles. The van der Waals surface area contributed by atoms with Gasteiger partial charge in [-0.15, -0.1) is 0 Å². The molecule has 0 aliphatic heterocycles. The first-order valence-corrected chi connectivity index (χ1v) is 6.23. The third-order valence-corrected chi connectivity index (χ3v) is 3.16. The number of alkyl halides is 3. The fourth-order valence-corrected chi connectivity index (χ4v) is 2.09. The second-order valence-electron chi connectivity index (χ2n) is 4.66. The SMILES string of the molecule is Nc1ccccc1Cc1nc2cc(C(F)(F)F)ccc2o1. The van der Waals surface area contributed by atoms with Crippen molar-refractivity contribution in [3.8, 4) is 0 Å². The van der Waals surface area contributed by atoms with Crippen LogP contribution >= 0.6 is 0 Å². The summed E-state index contributed by atoms with van der Waals surface area (Å²) in [4.78, 5) is 4.10. The molecule has 0 radical (unpaired) electrons. The predicted octanol–water partition coefficient (Wildman–Crippen LogP) is 4.02. The zero-order valence-electron chi connectivity index (χ0n) is 10.8. The van der Waals surface area contributed by atoms with E-state index in [2.05, 4.69) is 4.98 Å². The van der Waals surface area contributed by atoms with E-state index < -0.39 is 11.7 Å². The van der Waals surface area contributed by atoms with Crippen LogP contribution in [0.25, 0.3) is 11.1 Å². The molecule has 108 valence electrons. The van der Waals surface area contributed by atoms with Crippen molar-refractivity contribution in [2.24, 2.45) is 0 Å². The van der Waals surface area contributed by atoms with Gasteiger partial charge in [-0.3, -0.25) is 0 Å². The molecule has 0 saturated carbocycles. The minimum Gasteiger partial charge on any atom is -0.440 e. The number of para-hydroxylation sites is 1. The number of nitrogens with zero attached hydrogens (tertiary/aromatic N) is 1. The molecule has 3 rings (SSSR count). The predicted molar refractivity (Wildman–Crippen MR) is 72.7 cm³/mol. The molecule has 6 heteroatoms. The van der Waals surface area contributed by atoms with Crippen molar-refractivity contribution in [1.82, 2.24) is 4.98 Å². The second-order valence-corrected chi connectivity index (χ2v) is 4.66. The van der Waals surface area contributed by atoms with Gasteiger partial charge in [0.15, 0.2) is 11.5 Å². The highest BCUT2D eigenvalue weighted by molar-refractivity contribution is 5.73. The van der Waals surface area contributed by atoms with Gasteiger partial charge in [-0.25, -0.2) is 4.98 Å². The summed E-state index contributed by atoms with van der Waals surface area (Å²) in [5.74, 6) is 0.335. The number of fused-ring (bicyclic) bond motifs is 1. The number of hydrogen-bond donors (Lipinski definition) is 1. The first kappa shape index (κ1) is 13.5. The van der Waals surface area contributed by atoms with E-state index >= 15 is 0 Å². The van der Waals surface area contributed by atoms with E-state index in [1.807, 2.05) is 12.1 Å². The van der Waals surface area contributed by atoms with Crippen LogP contribution in [0.4, 0.5) is 18.9 Å². The maximum absolute atomic E-state index is 12.6. The third kappa shape index (κ3) is 2.69. The van der Waals surface area contributed by atoms with Crippen LogP contribution in [-0.4, -0.2) is 4.98 Å². The van der Waals surface area contributed by atoms with Gasteiger partial charge in [-0.05, 0) is 29.8 Å². The highest BCUT2D eigenvalue weighted by atomic mass is 19.4. The van der Waals surface area contributed by atoms with Crippen LogP contribution in [0, 0.1) is 0 Å². The summed E-state index contributed by atoms with van der Waals surface area (Å²) in [5.41, 5.74) is 7.01. The summed E-state index contributed by atoms with van der Waals surface area (Å²) in [6.07, 6.45) is -4.06. The summed E-state index contributed by atoms with van der Waals surface area (Å²) in [5, 5.41) is 0. The van der Waals surface area contributed by atoms with E-state index in [0.29, 0.717) is 23.6 Å². The van der Waals surface area contributed by atoms with Gasteiger partial charge in [-0.2, -0.15) is 13.2 Å². The van der Waals surface area contributed by atoms with Crippen LogP contribution in [-0.2, 0) is 12.6 Å². The summed E-state index contributed by atoms with van der Waals surface area (Å²) in [6, 6.07) is 10.5. The first-order chi connectivity index (χ1) is 9.93. The number of rotatable bonds is 2. The van der Waals surface area contributed by atoms with E-state index in [9.17, 15) is 13.2 Å². The zero-order chi connectivity index (χ0) is 15.0. The largest absolute Gasteiger partial charge is 0.440 e. The summed E-state index contributed by atoms with van der Waals surface area (Å²) < 4.78 is 43.4. The van der Waals surface area contributed by atoms with Gasteiger partial charge >= 0.3 is 6.18 Å². The van der Waals surface area contributed by atoms with Gasteiger partial charge in [0.25, 0.3) is 0 Å². The molecule has 1 heterocycles. The maximum atomic E-state index is 12.6. The van der Waals surface area contributed by atoms with Gasteiger partial charge < -0.3 is 10.2 Å². The molecule has 0 aliphatic rings. The van der Waals surface area contributed by atoms with Gasteiger partial charge in [0.05, 0.1) is 12.0 Å². The Morgan fingerprint density at radius 3 is 2.57 bits per heavy atom. The van der Waals surface area contributed by atoms with Crippen LogP contribution in [0.5, 0.6) is 0 Å². The Morgan fingerprint density at radius 2 is 1.86 bits per heavy atom. The molecule has 0 bridgehead atoms. The average molecular weight is 292 g/mol. The number of nitrogen functional groups attached to an aromatic ring is 1. The standard InChI is InChI=1S/C15H11F3N2O/c16-15(17,18)10-5-6-13-12(8-10)20-14(21-13)7-9-3-1-2-4-11(9)19/h1-6,8H,7,19H2. The lowest BCUT2D eigenvalue weighted by atomic mass is 10.1. The highest BCUT2D eigenvalue weighted by Crippen LogP contribution is 2.31. The van der Waals surface area contributed by atoms with Crippen molar-refractivity contribution in [3.05, 3.63) is 59.5 Å². The minimum atomic E-state index is -4.39. The molecular weight excluding hydrogens is 281 g/mol. The summed E-state index contributed by atoms with van der Waals surface area (Å²) in [7, 11) is 0. The van der Waals surface area contributed by atoms with E-state index in [1.165, 1.54) is 6.07 Å². The molecule has 0 spiro atoms. The Hall–Kier alpha value is -2.50. The Balaban J connectivity index is 1.96. The number of nitrogens with two attached hydrogens (primary N) is 1. The molecule has 0 unspecified atom stereocenters. The number of hydrogen-bond acceptors (Lipinski definition) is 3. The lowest BCUT2D eigenvalue weighted by Gasteiger charge is -2.04. The van der Waals surface area contributed by atoms with Gasteiger partial charge in [-0.1, -0.05) is 18.2 Å². The van der Waals surface area contributed by atoms with Crippen LogP contribution < -0.4 is 5.73 Å². The van der Waals surface area contributed by atoms with Gasteiger partial charge in [0, 0.05) is 5.69 Å². The number of anilines is 1. The summed E-state index contributed by atoms with van der Waals surface area (Å²) in [6.45, 7) is 0. The summed E-state index contributed by atoms with van der Waals surface area (Å²) >= 11 is 0. The van der Waals surface area contributed by atoms with E-state index in [4.69, 9.17) is 10.2 Å². The number of aromatic nitrogens is 1. The van der Waals surface area contributed by atoms with E-state index in [1.54, 1.807) is 12.1 Å². The maximum Gasteiger partial charge on any atom is 0.416 e. The van der Waals surface area contributed by atoms with E-state index in [-0.39, 0.29) is 5.52 Å². The smallest absolute Gasteiger partial charge is 0.416 e. The monoisotopic (exact) mass is 292 g/mol. The van der Waals surface area contributed by atoms with Crippen molar-refractivity contribution >= 4 is 16.8 Å². The molecule has 0 atom stereocenters. The minimum absolute atomic E-state index is 0.189. The fraction of sp³-hybridized carbons (Fsp3) is 0.133. The Kier molecular flexibility index (Phi) is 3.08. The normalized spacial score (nSPS) is 12.0. The lowest BCUT2D eigenvalue weighted by molar-refractivity contribution is -0.137. The molecule has 2 N–H and O–H groups in total. The molecule has 1 aromatic heterocycles. The quantitative estimate of drug-likeness (QED) is 0.726. The third-order valence-electron chi connectivity index (χ3n) is 3.16. The van der Waals surface area contributed by atoms with Crippen molar-refractivity contribution in [2.75, 3.05) is 5.73 Å². The number of benzene rings is 2. The van der Waals surface area contributed by atoms with Gasteiger partial charge in [0.1, 0.15) is 5.52 Å². The van der Waals surface area contributed by atoms with Crippen molar-refractivity contribution in [3.63, 3.8) is 0 Å². The topological polar surface area (TPSA) is 52.0 Å². The molecule has 0 saturated heterocycles. The van der Waals surface area contributed by atoms with Crippen molar-refractivity contribution < 1.29 is 17.6 Å². The number of oxazole rings is 1. The molecule has 0 aliphatic carbocycles. The van der Waals surface area contributed by atoms with Crippen LogP contribution in [0.15, 0.2) is 46.9 Å². The van der Waals surface area contributed by atoms with Crippen LogP contribution in [0.3, 0.4) is 0 Å². The van der Waals surface area contributed by atoms with Crippen LogP contribution in [0.1, 0.15) is 17.0 Å². The molecular formula is C15H11F3N2O. The fourth-order valence-electron chi connectivity index (χ4n) is 2.09. The molecule has 0 fully saturated rings. The van der Waals surface area contributed by atoms with Crippen molar-refractivity contribution in [1.29, 1.82) is 0 Å². The van der Waals surface area contributed by atoms with Crippen LogP contribution in [0.2, 0.25) is 0 Å². The Morgan fingerprint density at radius 1 is 1.10 bits per heavy atom. The molecule has 3 nitrogen and oxygen atoms in total. The molecule has 3 aromatic rings. The molecule has 21 heavy (non-hydrogen) atoms. The highest BCUT2D eigenvalue weighted by Gasteiger charge is 2.31. The zero-order valence-corrected chi connectivity index (χ0v) is 10.8. The van der Waals surface area contributed by atoms with E-state index in [0.717, 1.165) is 17.7 Å². The number of halogens is 3. The molecule has 0 amide bonds. The second kappa shape index (κ2) is 4.80. The lowest BCUT2D eigenvalue weighted by Crippen LogP contribution is -2.03. The first-order valence-electron chi connectivity index (χ1n) is 6.23.